The number of ether oxygens (including phenoxy) is 2. The Morgan fingerprint density at radius 3 is 2.61 bits per heavy atom. The summed E-state index contributed by atoms with van der Waals surface area (Å²) in [5.74, 6) is -0.277. The van der Waals surface area contributed by atoms with Gasteiger partial charge in [-0.1, -0.05) is 41.7 Å². The molecule has 0 aliphatic heterocycles. The van der Waals surface area contributed by atoms with E-state index in [-0.39, 0.29) is 12.5 Å². The third-order valence-electron chi connectivity index (χ3n) is 3.77. The van der Waals surface area contributed by atoms with Crippen LogP contribution in [0.5, 0.6) is 5.75 Å². The molecular weight excluding hydrogens is 444 g/mol. The molecule has 0 radical (unpaired) electrons. The van der Waals surface area contributed by atoms with Crippen LogP contribution in [0.3, 0.4) is 0 Å². The lowest BCUT2D eigenvalue weighted by molar-refractivity contribution is 0.0532. The van der Waals surface area contributed by atoms with Crippen molar-refractivity contribution in [3.05, 3.63) is 63.4 Å². The van der Waals surface area contributed by atoms with Crippen LogP contribution < -0.4 is 10.1 Å². The van der Waals surface area contributed by atoms with Crippen LogP contribution in [-0.2, 0) is 4.74 Å². The molecule has 1 aromatic heterocycles. The number of methoxy groups -OCH3 is 1. The topological polar surface area (TPSA) is 77.5 Å². The van der Waals surface area contributed by atoms with Gasteiger partial charge in [0.05, 0.1) is 25.0 Å². The minimum Gasteiger partial charge on any atom is -0.497 e. The number of halogens is 1. The van der Waals surface area contributed by atoms with Crippen molar-refractivity contribution in [3.63, 3.8) is 0 Å². The van der Waals surface area contributed by atoms with Gasteiger partial charge in [0.2, 0.25) is 0 Å². The summed E-state index contributed by atoms with van der Waals surface area (Å²) in [6, 6.07) is 14.4. The number of aromatic nitrogens is 1. The van der Waals surface area contributed by atoms with E-state index in [9.17, 15) is 9.59 Å². The molecule has 0 unspecified atom stereocenters. The molecule has 0 bridgehead atoms. The number of amides is 1. The second kappa shape index (κ2) is 8.99. The molecule has 0 aliphatic carbocycles. The van der Waals surface area contributed by atoms with E-state index in [0.717, 1.165) is 16.9 Å². The number of benzene rings is 2. The van der Waals surface area contributed by atoms with Gasteiger partial charge in [0.15, 0.2) is 5.13 Å². The summed E-state index contributed by atoms with van der Waals surface area (Å²) in [5, 5.41) is 3.06. The van der Waals surface area contributed by atoms with Gasteiger partial charge in [-0.15, -0.1) is 0 Å². The van der Waals surface area contributed by atoms with Crippen LogP contribution in [0.1, 0.15) is 27.0 Å². The maximum atomic E-state index is 12.7. The molecule has 0 saturated heterocycles. The van der Waals surface area contributed by atoms with Crippen LogP contribution in [-0.4, -0.2) is 30.6 Å². The van der Waals surface area contributed by atoms with Gasteiger partial charge < -0.3 is 9.47 Å². The van der Waals surface area contributed by atoms with Crippen LogP contribution in [0, 0.1) is 0 Å². The van der Waals surface area contributed by atoms with Crippen molar-refractivity contribution in [2.75, 3.05) is 19.0 Å². The largest absolute Gasteiger partial charge is 0.497 e. The molecule has 28 heavy (non-hydrogen) atoms. The monoisotopic (exact) mass is 460 g/mol. The molecule has 3 rings (SSSR count). The van der Waals surface area contributed by atoms with Crippen LogP contribution >= 0.6 is 27.3 Å². The van der Waals surface area contributed by atoms with Gasteiger partial charge in [-0.3, -0.25) is 10.1 Å². The molecule has 0 saturated carbocycles. The second-order valence-corrected chi connectivity index (χ2v) is 7.44. The summed E-state index contributed by atoms with van der Waals surface area (Å²) >= 11 is 4.44. The van der Waals surface area contributed by atoms with Crippen LogP contribution in [0.4, 0.5) is 5.13 Å². The lowest BCUT2D eigenvalue weighted by Crippen LogP contribution is -2.12. The molecule has 2 aromatic carbocycles. The number of nitrogens with one attached hydrogen (secondary N) is 1. The molecule has 0 atom stereocenters. The van der Waals surface area contributed by atoms with Crippen molar-refractivity contribution in [1.82, 2.24) is 4.98 Å². The van der Waals surface area contributed by atoms with Gasteiger partial charge in [0.25, 0.3) is 5.91 Å². The second-order valence-electron chi connectivity index (χ2n) is 5.58. The van der Waals surface area contributed by atoms with Crippen molar-refractivity contribution in [3.8, 4) is 17.0 Å². The van der Waals surface area contributed by atoms with E-state index >= 15 is 0 Å². The third-order valence-corrected chi connectivity index (χ3v) is 5.42. The number of anilines is 1. The smallest absolute Gasteiger partial charge is 0.350 e. The first-order chi connectivity index (χ1) is 13.5. The van der Waals surface area contributed by atoms with E-state index in [1.54, 1.807) is 25.1 Å². The van der Waals surface area contributed by atoms with E-state index in [1.807, 2.05) is 30.3 Å². The van der Waals surface area contributed by atoms with Crippen molar-refractivity contribution < 1.29 is 19.1 Å². The van der Waals surface area contributed by atoms with E-state index < -0.39 is 5.97 Å². The standard InChI is InChI=1S/C20H17BrN2O4S/c1-3-27-19(25)17-16(12-7-5-4-6-8-12)22-20(28-17)23-18(24)14-11-13(26-2)9-10-15(14)21/h4-11H,3H2,1-2H3,(H,22,23,24). The first-order valence-corrected chi connectivity index (χ1v) is 10.0. The van der Waals surface area contributed by atoms with E-state index in [0.29, 0.717) is 31.5 Å². The maximum Gasteiger partial charge on any atom is 0.350 e. The highest BCUT2D eigenvalue weighted by molar-refractivity contribution is 9.10. The van der Waals surface area contributed by atoms with Gasteiger partial charge in [-0.25, -0.2) is 9.78 Å². The minimum atomic E-state index is -0.470. The van der Waals surface area contributed by atoms with Gasteiger partial charge in [0.1, 0.15) is 10.6 Å². The SMILES string of the molecule is CCOC(=O)c1sc(NC(=O)c2cc(OC)ccc2Br)nc1-c1ccccc1. The number of rotatable bonds is 6. The predicted octanol–water partition coefficient (Wildman–Crippen LogP) is 5.01. The Hall–Kier alpha value is -2.71. The lowest BCUT2D eigenvalue weighted by atomic mass is 10.1. The number of nitrogens with zero attached hydrogens (tertiary/aromatic N) is 1. The Kier molecular flexibility index (Phi) is 6.43. The Balaban J connectivity index is 1.94. The molecule has 6 nitrogen and oxygen atoms in total. The number of esters is 1. The average Bonchev–Trinajstić information content (AvgIpc) is 3.13. The summed E-state index contributed by atoms with van der Waals surface area (Å²) in [5.41, 5.74) is 1.64. The molecule has 1 N–H and O–H groups in total. The highest BCUT2D eigenvalue weighted by atomic mass is 79.9. The number of hydrogen-bond donors (Lipinski definition) is 1. The summed E-state index contributed by atoms with van der Waals surface area (Å²) in [4.78, 5) is 29.9. The fourth-order valence-corrected chi connectivity index (χ4v) is 3.77. The average molecular weight is 461 g/mol. The molecule has 3 aromatic rings. The molecule has 1 heterocycles. The quantitative estimate of drug-likeness (QED) is 0.523. The first kappa shape index (κ1) is 20.0. The van der Waals surface area contributed by atoms with E-state index in [4.69, 9.17) is 9.47 Å². The first-order valence-electron chi connectivity index (χ1n) is 8.41. The van der Waals surface area contributed by atoms with Gasteiger partial charge in [0, 0.05) is 10.0 Å². The number of carbonyl (C=O) groups is 2. The van der Waals surface area contributed by atoms with Crippen LogP contribution in [0.2, 0.25) is 0 Å². The van der Waals surface area contributed by atoms with E-state index in [1.165, 1.54) is 7.11 Å². The zero-order valence-electron chi connectivity index (χ0n) is 15.2. The third kappa shape index (κ3) is 4.40. The van der Waals surface area contributed by atoms with Gasteiger partial charge >= 0.3 is 5.97 Å². The molecule has 0 aliphatic rings. The molecule has 0 spiro atoms. The summed E-state index contributed by atoms with van der Waals surface area (Å²) < 4.78 is 10.9. The van der Waals surface area contributed by atoms with Crippen molar-refractivity contribution >= 4 is 44.3 Å². The highest BCUT2D eigenvalue weighted by Gasteiger charge is 2.22. The zero-order valence-corrected chi connectivity index (χ0v) is 17.6. The van der Waals surface area contributed by atoms with Gasteiger partial charge in [-0.05, 0) is 41.1 Å². The van der Waals surface area contributed by atoms with Gasteiger partial charge in [-0.2, -0.15) is 0 Å². The number of carbonyl (C=O) groups excluding carboxylic acids is 2. The molecular formula is C20H17BrN2O4S. The van der Waals surface area contributed by atoms with Crippen molar-refractivity contribution in [1.29, 1.82) is 0 Å². The minimum absolute atomic E-state index is 0.253. The Morgan fingerprint density at radius 1 is 1.18 bits per heavy atom. The summed E-state index contributed by atoms with van der Waals surface area (Å²) in [6.45, 7) is 1.99. The van der Waals surface area contributed by atoms with Crippen LogP contribution in [0.15, 0.2) is 53.0 Å². The Bertz CT molecular complexity index is 1000. The number of hydrogen-bond acceptors (Lipinski definition) is 6. The fraction of sp³-hybridized carbons (Fsp3) is 0.150. The van der Waals surface area contributed by atoms with Crippen LogP contribution in [0.25, 0.3) is 11.3 Å². The highest BCUT2D eigenvalue weighted by Crippen LogP contribution is 2.32. The molecule has 144 valence electrons. The summed E-state index contributed by atoms with van der Waals surface area (Å²) in [6.07, 6.45) is 0. The number of thiazole rings is 1. The Morgan fingerprint density at radius 2 is 1.93 bits per heavy atom. The molecule has 8 heteroatoms. The fourth-order valence-electron chi connectivity index (χ4n) is 2.47. The maximum absolute atomic E-state index is 12.7. The Labute approximate surface area is 174 Å². The zero-order chi connectivity index (χ0) is 20.1. The van der Waals surface area contributed by atoms with Crippen molar-refractivity contribution in [2.45, 2.75) is 6.92 Å². The van der Waals surface area contributed by atoms with Crippen molar-refractivity contribution in [2.24, 2.45) is 0 Å². The predicted molar refractivity (Wildman–Crippen MR) is 112 cm³/mol. The lowest BCUT2D eigenvalue weighted by Gasteiger charge is -2.06. The molecule has 0 fully saturated rings. The molecule has 1 amide bonds. The normalized spacial score (nSPS) is 10.4. The summed E-state index contributed by atoms with van der Waals surface area (Å²) in [7, 11) is 1.53. The van der Waals surface area contributed by atoms with E-state index in [2.05, 4.69) is 26.2 Å².